The van der Waals surface area contributed by atoms with E-state index in [1.54, 1.807) is 6.07 Å². The summed E-state index contributed by atoms with van der Waals surface area (Å²) in [5.41, 5.74) is 6.70. The zero-order valence-electron chi connectivity index (χ0n) is 19.2. The summed E-state index contributed by atoms with van der Waals surface area (Å²) < 4.78 is 28.3. The zero-order chi connectivity index (χ0) is 22.8. The summed E-state index contributed by atoms with van der Waals surface area (Å²) in [5, 5.41) is 2.97. The number of nitrogens with zero attached hydrogens (tertiary/aromatic N) is 2. The van der Waals surface area contributed by atoms with Crippen LogP contribution in [0, 0.1) is 34.6 Å². The molecule has 0 aromatic heterocycles. The lowest BCUT2D eigenvalue weighted by Crippen LogP contribution is -2.46. The fourth-order valence-electron chi connectivity index (χ4n) is 3.42. The molecule has 0 bridgehead atoms. The highest BCUT2D eigenvalue weighted by atomic mass is 32.2. The van der Waals surface area contributed by atoms with Gasteiger partial charge in [-0.1, -0.05) is 24.3 Å². The summed E-state index contributed by atoms with van der Waals surface area (Å²) in [7, 11) is -0.912. The van der Waals surface area contributed by atoms with Gasteiger partial charge in [-0.15, -0.1) is 0 Å². The quantitative estimate of drug-likeness (QED) is 0.726. The van der Waals surface area contributed by atoms with Crippen molar-refractivity contribution in [2.24, 2.45) is 0 Å². The van der Waals surface area contributed by atoms with Crippen LogP contribution in [0.15, 0.2) is 30.3 Å². The molecule has 0 fully saturated rings. The SMILES string of the molecule is Cc1ccc(C)c(N(CC(=O)NC(C)c2cc(C)c(C)cc2C)S(=O)(=O)N(C)C)c1. The van der Waals surface area contributed by atoms with E-state index in [4.69, 9.17) is 0 Å². The molecule has 0 aliphatic rings. The Morgan fingerprint density at radius 2 is 1.53 bits per heavy atom. The first-order valence-corrected chi connectivity index (χ1v) is 11.4. The van der Waals surface area contributed by atoms with Crippen molar-refractivity contribution in [3.63, 3.8) is 0 Å². The van der Waals surface area contributed by atoms with Gasteiger partial charge in [-0.3, -0.25) is 4.79 Å². The molecule has 1 atom stereocenters. The van der Waals surface area contributed by atoms with E-state index in [1.807, 2.05) is 46.8 Å². The Kier molecular flexibility index (Phi) is 7.31. The van der Waals surface area contributed by atoms with Gasteiger partial charge < -0.3 is 5.32 Å². The van der Waals surface area contributed by atoms with Crippen LogP contribution >= 0.6 is 0 Å². The van der Waals surface area contributed by atoms with E-state index in [9.17, 15) is 13.2 Å². The largest absolute Gasteiger partial charge is 0.348 e. The Hall–Kier alpha value is -2.38. The van der Waals surface area contributed by atoms with Gasteiger partial charge in [-0.2, -0.15) is 12.7 Å². The zero-order valence-corrected chi connectivity index (χ0v) is 20.0. The molecule has 0 radical (unpaired) electrons. The number of nitrogens with one attached hydrogen (secondary N) is 1. The second kappa shape index (κ2) is 9.18. The Balaban J connectivity index is 2.33. The predicted molar refractivity (Wildman–Crippen MR) is 123 cm³/mol. The van der Waals surface area contributed by atoms with Crippen molar-refractivity contribution in [2.45, 2.75) is 47.6 Å². The standard InChI is InChI=1S/C23H33N3O3S/c1-15-9-10-16(2)22(11-15)26(30(28,29)25(7)8)14-23(27)24-20(6)21-13-18(4)17(3)12-19(21)5/h9-13,20H,14H2,1-8H3,(H,24,27). The van der Waals surface area contributed by atoms with Gasteiger partial charge in [-0.05, 0) is 81.0 Å². The number of anilines is 1. The van der Waals surface area contributed by atoms with Crippen LogP contribution in [0.5, 0.6) is 0 Å². The first kappa shape index (κ1) is 23.9. The third-order valence-electron chi connectivity index (χ3n) is 5.39. The highest BCUT2D eigenvalue weighted by molar-refractivity contribution is 7.90. The number of carbonyl (C=O) groups excluding carboxylic acids is 1. The second-order valence-electron chi connectivity index (χ2n) is 8.17. The van der Waals surface area contributed by atoms with Crippen molar-refractivity contribution >= 4 is 21.8 Å². The number of benzene rings is 2. The lowest BCUT2D eigenvalue weighted by Gasteiger charge is -2.29. The van der Waals surface area contributed by atoms with Crippen LogP contribution in [0.1, 0.15) is 46.3 Å². The average Bonchev–Trinajstić information content (AvgIpc) is 2.64. The number of amides is 1. The van der Waals surface area contributed by atoms with E-state index >= 15 is 0 Å². The van der Waals surface area contributed by atoms with Gasteiger partial charge in [0.15, 0.2) is 0 Å². The van der Waals surface area contributed by atoms with Gasteiger partial charge in [0.05, 0.1) is 11.7 Å². The molecule has 0 spiro atoms. The van der Waals surface area contributed by atoms with Crippen LogP contribution in [0.2, 0.25) is 0 Å². The molecule has 0 aliphatic heterocycles. The maximum Gasteiger partial charge on any atom is 0.304 e. The van der Waals surface area contributed by atoms with Crippen LogP contribution in [-0.2, 0) is 15.0 Å². The summed E-state index contributed by atoms with van der Waals surface area (Å²) in [4.78, 5) is 12.9. The summed E-state index contributed by atoms with van der Waals surface area (Å²) >= 11 is 0. The first-order chi connectivity index (χ1) is 13.8. The molecule has 6 nitrogen and oxygen atoms in total. The molecular formula is C23H33N3O3S. The van der Waals surface area contributed by atoms with Crippen molar-refractivity contribution in [3.05, 3.63) is 63.7 Å². The second-order valence-corrected chi connectivity index (χ2v) is 10.2. The molecule has 0 saturated carbocycles. The van der Waals surface area contributed by atoms with Crippen molar-refractivity contribution in [3.8, 4) is 0 Å². The van der Waals surface area contributed by atoms with E-state index in [0.29, 0.717) is 5.69 Å². The third kappa shape index (κ3) is 5.21. The molecule has 30 heavy (non-hydrogen) atoms. The summed E-state index contributed by atoms with van der Waals surface area (Å²) in [6, 6.07) is 9.52. The molecule has 2 aromatic carbocycles. The molecule has 0 heterocycles. The molecule has 2 aromatic rings. The minimum Gasteiger partial charge on any atom is -0.348 e. The minimum atomic E-state index is -3.84. The molecule has 1 unspecified atom stereocenters. The van der Waals surface area contributed by atoms with Crippen LogP contribution in [0.3, 0.4) is 0 Å². The molecule has 7 heteroatoms. The van der Waals surface area contributed by atoms with Gasteiger partial charge in [0.1, 0.15) is 6.54 Å². The van der Waals surface area contributed by atoms with Crippen molar-refractivity contribution in [1.82, 2.24) is 9.62 Å². The van der Waals surface area contributed by atoms with Crippen LogP contribution in [-0.4, -0.2) is 39.3 Å². The average molecular weight is 432 g/mol. The molecule has 1 N–H and O–H groups in total. The molecule has 2 rings (SSSR count). The van der Waals surface area contributed by atoms with Crippen LogP contribution in [0.25, 0.3) is 0 Å². The Bertz CT molecular complexity index is 1050. The van der Waals surface area contributed by atoms with Gasteiger partial charge in [-0.25, -0.2) is 4.31 Å². The normalized spacial score (nSPS) is 12.7. The molecule has 1 amide bonds. The van der Waals surface area contributed by atoms with Gasteiger partial charge in [0, 0.05) is 14.1 Å². The highest BCUT2D eigenvalue weighted by Gasteiger charge is 2.29. The monoisotopic (exact) mass is 431 g/mol. The fourth-order valence-corrected chi connectivity index (χ4v) is 4.54. The molecule has 0 aliphatic carbocycles. The van der Waals surface area contributed by atoms with Gasteiger partial charge >= 0.3 is 10.2 Å². The molecule has 0 saturated heterocycles. The number of hydrogen-bond donors (Lipinski definition) is 1. The lowest BCUT2D eigenvalue weighted by molar-refractivity contribution is -0.120. The minimum absolute atomic E-state index is 0.237. The number of hydrogen-bond acceptors (Lipinski definition) is 3. The smallest absolute Gasteiger partial charge is 0.304 e. The summed E-state index contributed by atoms with van der Waals surface area (Å²) in [6.07, 6.45) is 0. The van der Waals surface area contributed by atoms with E-state index in [1.165, 1.54) is 24.0 Å². The first-order valence-electron chi connectivity index (χ1n) is 9.99. The topological polar surface area (TPSA) is 69.7 Å². The third-order valence-corrected chi connectivity index (χ3v) is 7.19. The highest BCUT2D eigenvalue weighted by Crippen LogP contribution is 2.26. The maximum atomic E-state index is 13.0. The molecular weight excluding hydrogens is 398 g/mol. The lowest BCUT2D eigenvalue weighted by atomic mass is 9.96. The Morgan fingerprint density at radius 3 is 2.13 bits per heavy atom. The Morgan fingerprint density at radius 1 is 0.933 bits per heavy atom. The maximum absolute atomic E-state index is 13.0. The summed E-state index contributed by atoms with van der Waals surface area (Å²) in [5.74, 6) is -0.355. The molecule has 164 valence electrons. The Labute approximate surface area is 181 Å². The van der Waals surface area contributed by atoms with Crippen molar-refractivity contribution in [2.75, 3.05) is 24.9 Å². The summed E-state index contributed by atoms with van der Waals surface area (Å²) in [6.45, 7) is 11.5. The number of rotatable bonds is 7. The number of carbonyl (C=O) groups is 1. The van der Waals surface area contributed by atoms with E-state index in [0.717, 1.165) is 32.1 Å². The van der Waals surface area contributed by atoms with Crippen molar-refractivity contribution < 1.29 is 13.2 Å². The van der Waals surface area contributed by atoms with E-state index in [2.05, 4.69) is 24.4 Å². The van der Waals surface area contributed by atoms with Gasteiger partial charge in [0.25, 0.3) is 0 Å². The predicted octanol–water partition coefficient (Wildman–Crippen LogP) is 3.72. The van der Waals surface area contributed by atoms with Gasteiger partial charge in [0.2, 0.25) is 5.91 Å². The fraction of sp³-hybridized carbons (Fsp3) is 0.435. The number of aryl methyl sites for hydroxylation is 5. The van der Waals surface area contributed by atoms with Crippen molar-refractivity contribution in [1.29, 1.82) is 0 Å². The van der Waals surface area contributed by atoms with E-state index < -0.39 is 10.2 Å². The van der Waals surface area contributed by atoms with Crippen LogP contribution in [0.4, 0.5) is 5.69 Å². The van der Waals surface area contributed by atoms with Crippen LogP contribution < -0.4 is 9.62 Å². The van der Waals surface area contributed by atoms with E-state index in [-0.39, 0.29) is 18.5 Å².